The first-order chi connectivity index (χ1) is 9.78. The lowest BCUT2D eigenvalue weighted by Gasteiger charge is -2.22. The standard InChI is InChI=1S/C16H25N3O/c1-2-10-20-16-11-12(5-6-13(16)17)18-14-7-9-19-8-3-4-15(14)19/h5-6,11,14-15,18H,2-4,7-10,17H2,1H3. The van der Waals surface area contributed by atoms with Crippen molar-refractivity contribution < 1.29 is 4.74 Å². The molecule has 2 unspecified atom stereocenters. The fourth-order valence-electron chi connectivity index (χ4n) is 3.43. The molecule has 0 spiro atoms. The first-order valence-electron chi connectivity index (χ1n) is 7.81. The van der Waals surface area contributed by atoms with Crippen molar-refractivity contribution in [1.82, 2.24) is 4.90 Å². The van der Waals surface area contributed by atoms with Crippen molar-refractivity contribution >= 4 is 11.4 Å². The monoisotopic (exact) mass is 275 g/mol. The zero-order valence-electron chi connectivity index (χ0n) is 12.3. The van der Waals surface area contributed by atoms with E-state index in [0.29, 0.717) is 18.7 Å². The van der Waals surface area contributed by atoms with E-state index < -0.39 is 0 Å². The predicted octanol–water partition coefficient (Wildman–Crippen LogP) is 2.71. The average Bonchev–Trinajstić information content (AvgIpc) is 3.04. The van der Waals surface area contributed by atoms with Gasteiger partial charge in [0.1, 0.15) is 5.75 Å². The third-order valence-corrected chi connectivity index (χ3v) is 4.43. The highest BCUT2D eigenvalue weighted by Crippen LogP contribution is 2.32. The Hall–Kier alpha value is -1.42. The summed E-state index contributed by atoms with van der Waals surface area (Å²) >= 11 is 0. The van der Waals surface area contributed by atoms with Crippen LogP contribution in [0, 0.1) is 0 Å². The van der Waals surface area contributed by atoms with Crippen LogP contribution in [0.15, 0.2) is 18.2 Å². The number of hydrogen-bond donors (Lipinski definition) is 2. The summed E-state index contributed by atoms with van der Waals surface area (Å²) in [7, 11) is 0. The van der Waals surface area contributed by atoms with Gasteiger partial charge in [-0.05, 0) is 44.4 Å². The molecule has 1 aromatic rings. The summed E-state index contributed by atoms with van der Waals surface area (Å²) in [4.78, 5) is 2.61. The van der Waals surface area contributed by atoms with Crippen LogP contribution >= 0.6 is 0 Å². The Balaban J connectivity index is 1.68. The molecule has 2 heterocycles. The summed E-state index contributed by atoms with van der Waals surface area (Å²) in [5.41, 5.74) is 7.81. The Bertz CT molecular complexity index is 463. The minimum absolute atomic E-state index is 0.570. The number of rotatable bonds is 5. The maximum Gasteiger partial charge on any atom is 0.144 e. The molecule has 4 nitrogen and oxygen atoms in total. The smallest absolute Gasteiger partial charge is 0.144 e. The molecule has 0 amide bonds. The van der Waals surface area contributed by atoms with Gasteiger partial charge in [0.05, 0.1) is 12.3 Å². The van der Waals surface area contributed by atoms with Crippen LogP contribution in [0.3, 0.4) is 0 Å². The van der Waals surface area contributed by atoms with E-state index in [0.717, 1.165) is 23.5 Å². The molecular weight excluding hydrogens is 250 g/mol. The predicted molar refractivity (Wildman–Crippen MR) is 83.3 cm³/mol. The Morgan fingerprint density at radius 1 is 1.35 bits per heavy atom. The Morgan fingerprint density at radius 2 is 2.25 bits per heavy atom. The lowest BCUT2D eigenvalue weighted by molar-refractivity contribution is 0.317. The Morgan fingerprint density at radius 3 is 3.10 bits per heavy atom. The SMILES string of the molecule is CCCOc1cc(NC2CCN3CCCC23)ccc1N. The number of anilines is 2. The first kappa shape index (κ1) is 13.6. The number of ether oxygens (including phenoxy) is 1. The van der Waals surface area contributed by atoms with E-state index in [4.69, 9.17) is 10.5 Å². The Kier molecular flexibility index (Phi) is 4.01. The number of nitrogens with zero attached hydrogens (tertiary/aromatic N) is 1. The van der Waals surface area contributed by atoms with Crippen molar-refractivity contribution in [3.05, 3.63) is 18.2 Å². The molecule has 4 heteroatoms. The van der Waals surface area contributed by atoms with E-state index in [1.165, 1.54) is 32.4 Å². The molecule has 0 radical (unpaired) electrons. The lowest BCUT2D eigenvalue weighted by atomic mass is 10.1. The van der Waals surface area contributed by atoms with Crippen LogP contribution in [-0.4, -0.2) is 36.7 Å². The van der Waals surface area contributed by atoms with Gasteiger partial charge in [-0.3, -0.25) is 4.90 Å². The quantitative estimate of drug-likeness (QED) is 0.811. The van der Waals surface area contributed by atoms with Gasteiger partial charge in [0.15, 0.2) is 0 Å². The maximum atomic E-state index is 5.96. The largest absolute Gasteiger partial charge is 0.491 e. The van der Waals surface area contributed by atoms with E-state index in [2.05, 4.69) is 23.2 Å². The molecule has 1 aromatic carbocycles. The van der Waals surface area contributed by atoms with Gasteiger partial charge in [0, 0.05) is 30.4 Å². The maximum absolute atomic E-state index is 5.96. The van der Waals surface area contributed by atoms with Gasteiger partial charge in [-0.15, -0.1) is 0 Å². The van der Waals surface area contributed by atoms with Gasteiger partial charge < -0.3 is 15.8 Å². The van der Waals surface area contributed by atoms with E-state index >= 15 is 0 Å². The minimum Gasteiger partial charge on any atom is -0.491 e. The van der Waals surface area contributed by atoms with Crippen LogP contribution in [0.5, 0.6) is 5.75 Å². The summed E-state index contributed by atoms with van der Waals surface area (Å²) in [6.45, 7) is 5.32. The van der Waals surface area contributed by atoms with Crippen molar-refractivity contribution in [2.75, 3.05) is 30.7 Å². The average molecular weight is 275 g/mol. The fraction of sp³-hybridized carbons (Fsp3) is 0.625. The molecular formula is C16H25N3O. The third-order valence-electron chi connectivity index (χ3n) is 4.43. The lowest BCUT2D eigenvalue weighted by Crippen LogP contribution is -2.33. The second-order valence-corrected chi connectivity index (χ2v) is 5.89. The molecule has 2 aliphatic heterocycles. The minimum atomic E-state index is 0.570. The highest BCUT2D eigenvalue weighted by molar-refractivity contribution is 5.61. The van der Waals surface area contributed by atoms with E-state index in [9.17, 15) is 0 Å². The number of benzene rings is 1. The normalized spacial score (nSPS) is 25.6. The molecule has 2 saturated heterocycles. The molecule has 0 bridgehead atoms. The van der Waals surface area contributed by atoms with Crippen molar-refractivity contribution in [2.24, 2.45) is 0 Å². The van der Waals surface area contributed by atoms with Gasteiger partial charge in [-0.2, -0.15) is 0 Å². The summed E-state index contributed by atoms with van der Waals surface area (Å²) in [6, 6.07) is 7.33. The van der Waals surface area contributed by atoms with Gasteiger partial charge in [-0.25, -0.2) is 0 Å². The summed E-state index contributed by atoms with van der Waals surface area (Å²) in [6.07, 6.45) is 4.90. The van der Waals surface area contributed by atoms with Crippen molar-refractivity contribution in [1.29, 1.82) is 0 Å². The number of nitrogens with one attached hydrogen (secondary N) is 1. The van der Waals surface area contributed by atoms with Crippen molar-refractivity contribution in [3.8, 4) is 5.75 Å². The molecule has 3 N–H and O–H groups in total. The molecule has 2 fully saturated rings. The molecule has 0 aromatic heterocycles. The van der Waals surface area contributed by atoms with Gasteiger partial charge in [0.25, 0.3) is 0 Å². The number of nitrogen functional groups attached to an aromatic ring is 1. The van der Waals surface area contributed by atoms with Crippen molar-refractivity contribution in [2.45, 2.75) is 44.7 Å². The van der Waals surface area contributed by atoms with Gasteiger partial charge >= 0.3 is 0 Å². The molecule has 3 rings (SSSR count). The second-order valence-electron chi connectivity index (χ2n) is 5.89. The third kappa shape index (κ3) is 2.70. The highest BCUT2D eigenvalue weighted by atomic mass is 16.5. The topological polar surface area (TPSA) is 50.5 Å². The van der Waals surface area contributed by atoms with E-state index in [-0.39, 0.29) is 0 Å². The fourth-order valence-corrected chi connectivity index (χ4v) is 3.43. The molecule has 2 atom stereocenters. The molecule has 20 heavy (non-hydrogen) atoms. The molecule has 0 aliphatic carbocycles. The number of fused-ring (bicyclic) bond motifs is 1. The van der Waals surface area contributed by atoms with Crippen LogP contribution in [0.25, 0.3) is 0 Å². The molecule has 0 saturated carbocycles. The molecule has 110 valence electrons. The number of hydrogen-bond acceptors (Lipinski definition) is 4. The van der Waals surface area contributed by atoms with Crippen LogP contribution in [0.1, 0.15) is 32.6 Å². The van der Waals surface area contributed by atoms with Crippen LogP contribution in [0.4, 0.5) is 11.4 Å². The summed E-state index contributed by atoms with van der Waals surface area (Å²) in [5, 5.41) is 3.68. The van der Waals surface area contributed by atoms with Crippen molar-refractivity contribution in [3.63, 3.8) is 0 Å². The van der Waals surface area contributed by atoms with E-state index in [1.54, 1.807) is 0 Å². The first-order valence-corrected chi connectivity index (χ1v) is 7.81. The van der Waals surface area contributed by atoms with Crippen LogP contribution in [0.2, 0.25) is 0 Å². The van der Waals surface area contributed by atoms with Gasteiger partial charge in [0.2, 0.25) is 0 Å². The molecule has 2 aliphatic rings. The number of nitrogens with two attached hydrogens (primary N) is 1. The van der Waals surface area contributed by atoms with Gasteiger partial charge in [-0.1, -0.05) is 6.92 Å². The second kappa shape index (κ2) is 5.92. The van der Waals surface area contributed by atoms with Crippen LogP contribution in [-0.2, 0) is 0 Å². The van der Waals surface area contributed by atoms with E-state index in [1.807, 2.05) is 12.1 Å². The Labute approximate surface area is 121 Å². The summed E-state index contributed by atoms with van der Waals surface area (Å²) in [5.74, 6) is 0.804. The highest BCUT2D eigenvalue weighted by Gasteiger charge is 2.36. The zero-order valence-corrected chi connectivity index (χ0v) is 12.3. The van der Waals surface area contributed by atoms with Crippen LogP contribution < -0.4 is 15.8 Å². The zero-order chi connectivity index (χ0) is 13.9. The summed E-state index contributed by atoms with van der Waals surface area (Å²) < 4.78 is 5.70.